The molecule has 0 saturated heterocycles. The SMILES string of the molecule is Cc1ccc(C(=O)NCCC(O)C(=O)O)cc1Br. The van der Waals surface area contributed by atoms with Crippen molar-refractivity contribution in [3.8, 4) is 0 Å². The van der Waals surface area contributed by atoms with Gasteiger partial charge in [0.1, 0.15) is 0 Å². The molecule has 0 saturated carbocycles. The largest absolute Gasteiger partial charge is 0.479 e. The van der Waals surface area contributed by atoms with Crippen molar-refractivity contribution >= 4 is 27.8 Å². The smallest absolute Gasteiger partial charge is 0.332 e. The number of aliphatic hydroxyl groups is 1. The molecule has 98 valence electrons. The molecule has 1 atom stereocenters. The number of aryl methyl sites for hydroxylation is 1. The van der Waals surface area contributed by atoms with E-state index in [9.17, 15) is 9.59 Å². The van der Waals surface area contributed by atoms with E-state index < -0.39 is 12.1 Å². The van der Waals surface area contributed by atoms with Crippen LogP contribution in [0.5, 0.6) is 0 Å². The number of carbonyl (C=O) groups excluding carboxylic acids is 1. The first-order valence-electron chi connectivity index (χ1n) is 5.37. The van der Waals surface area contributed by atoms with E-state index in [2.05, 4.69) is 21.2 Å². The summed E-state index contributed by atoms with van der Waals surface area (Å²) < 4.78 is 0.834. The number of aliphatic hydroxyl groups excluding tert-OH is 1. The van der Waals surface area contributed by atoms with E-state index in [1.165, 1.54) is 0 Å². The maximum atomic E-state index is 11.7. The Labute approximate surface area is 113 Å². The molecule has 0 bridgehead atoms. The minimum absolute atomic E-state index is 0.0197. The maximum Gasteiger partial charge on any atom is 0.332 e. The molecule has 0 fully saturated rings. The van der Waals surface area contributed by atoms with Gasteiger partial charge in [0.25, 0.3) is 5.91 Å². The zero-order chi connectivity index (χ0) is 13.7. The third-order valence-electron chi connectivity index (χ3n) is 2.42. The van der Waals surface area contributed by atoms with Gasteiger partial charge in [-0.05, 0) is 24.6 Å². The summed E-state index contributed by atoms with van der Waals surface area (Å²) in [7, 11) is 0. The molecule has 3 N–H and O–H groups in total. The monoisotopic (exact) mass is 315 g/mol. The van der Waals surface area contributed by atoms with Crippen molar-refractivity contribution in [2.24, 2.45) is 0 Å². The topological polar surface area (TPSA) is 86.6 Å². The van der Waals surface area contributed by atoms with Gasteiger partial charge in [0.05, 0.1) is 0 Å². The van der Waals surface area contributed by atoms with Crippen molar-refractivity contribution in [2.45, 2.75) is 19.4 Å². The van der Waals surface area contributed by atoms with Crippen molar-refractivity contribution in [1.82, 2.24) is 5.32 Å². The number of carbonyl (C=O) groups is 2. The molecular weight excluding hydrogens is 302 g/mol. The molecule has 6 heteroatoms. The van der Waals surface area contributed by atoms with Crippen LogP contribution in [0.1, 0.15) is 22.3 Å². The summed E-state index contributed by atoms with van der Waals surface area (Å²) in [5, 5.41) is 20.0. The van der Waals surface area contributed by atoms with Crippen LogP contribution in [0, 0.1) is 6.92 Å². The average molecular weight is 316 g/mol. The molecule has 1 unspecified atom stereocenters. The summed E-state index contributed by atoms with van der Waals surface area (Å²) in [6.07, 6.45) is -1.47. The Hall–Kier alpha value is -1.40. The van der Waals surface area contributed by atoms with E-state index in [4.69, 9.17) is 10.2 Å². The van der Waals surface area contributed by atoms with Crippen molar-refractivity contribution in [2.75, 3.05) is 6.54 Å². The Bertz CT molecular complexity index is 461. The van der Waals surface area contributed by atoms with E-state index in [-0.39, 0.29) is 18.9 Å². The van der Waals surface area contributed by atoms with Crippen LogP contribution in [0.15, 0.2) is 22.7 Å². The molecular formula is C12H14BrNO4. The van der Waals surface area contributed by atoms with Crippen LogP contribution in [0.2, 0.25) is 0 Å². The second kappa shape index (κ2) is 6.51. The zero-order valence-electron chi connectivity index (χ0n) is 9.81. The predicted molar refractivity (Wildman–Crippen MR) is 69.5 cm³/mol. The molecule has 1 aromatic carbocycles. The molecule has 0 radical (unpaired) electrons. The number of aliphatic carboxylic acids is 1. The fraction of sp³-hybridized carbons (Fsp3) is 0.333. The van der Waals surface area contributed by atoms with Crippen LogP contribution >= 0.6 is 15.9 Å². The molecule has 1 amide bonds. The molecule has 1 aromatic rings. The summed E-state index contributed by atoms with van der Waals surface area (Å²) in [5.74, 6) is -1.59. The summed E-state index contributed by atoms with van der Waals surface area (Å²) in [4.78, 5) is 22.1. The second-order valence-electron chi connectivity index (χ2n) is 3.86. The molecule has 1 rings (SSSR count). The summed E-state index contributed by atoms with van der Waals surface area (Å²) in [6.45, 7) is 2.02. The first-order valence-corrected chi connectivity index (χ1v) is 6.16. The van der Waals surface area contributed by atoms with Gasteiger partial charge in [0.15, 0.2) is 6.10 Å². The number of carboxylic acid groups (broad SMARTS) is 1. The van der Waals surface area contributed by atoms with Gasteiger partial charge in [-0.25, -0.2) is 4.79 Å². The molecule has 0 aliphatic heterocycles. The van der Waals surface area contributed by atoms with Crippen LogP contribution in [-0.2, 0) is 4.79 Å². The number of nitrogens with one attached hydrogen (secondary N) is 1. The maximum absolute atomic E-state index is 11.7. The quantitative estimate of drug-likeness (QED) is 0.765. The average Bonchev–Trinajstić information content (AvgIpc) is 2.32. The number of amides is 1. The van der Waals surface area contributed by atoms with Crippen LogP contribution in [-0.4, -0.2) is 34.7 Å². The number of benzene rings is 1. The van der Waals surface area contributed by atoms with Crippen LogP contribution in [0.25, 0.3) is 0 Å². The summed E-state index contributed by atoms with van der Waals surface area (Å²) >= 11 is 3.33. The fourth-order valence-corrected chi connectivity index (χ4v) is 1.66. The highest BCUT2D eigenvalue weighted by Crippen LogP contribution is 2.17. The minimum atomic E-state index is -1.45. The first-order chi connectivity index (χ1) is 8.41. The molecule has 0 aromatic heterocycles. The predicted octanol–water partition coefficient (Wildman–Crippen LogP) is 1.32. The van der Waals surface area contributed by atoms with Gasteiger partial charge in [0, 0.05) is 23.0 Å². The van der Waals surface area contributed by atoms with E-state index in [0.717, 1.165) is 10.0 Å². The number of halogens is 1. The van der Waals surface area contributed by atoms with Crippen molar-refractivity contribution in [3.63, 3.8) is 0 Å². The van der Waals surface area contributed by atoms with Gasteiger partial charge in [-0.3, -0.25) is 4.79 Å². The Balaban J connectivity index is 2.50. The first kappa shape index (κ1) is 14.7. The molecule has 0 aliphatic rings. The van der Waals surface area contributed by atoms with Gasteiger partial charge in [0.2, 0.25) is 0 Å². The van der Waals surface area contributed by atoms with Gasteiger partial charge in [-0.15, -0.1) is 0 Å². The Kier molecular flexibility index (Phi) is 5.30. The molecule has 0 spiro atoms. The lowest BCUT2D eigenvalue weighted by atomic mass is 10.1. The third-order valence-corrected chi connectivity index (χ3v) is 3.28. The van der Waals surface area contributed by atoms with E-state index >= 15 is 0 Å². The second-order valence-corrected chi connectivity index (χ2v) is 4.72. The molecule has 5 nitrogen and oxygen atoms in total. The highest BCUT2D eigenvalue weighted by molar-refractivity contribution is 9.10. The molecule has 0 aliphatic carbocycles. The van der Waals surface area contributed by atoms with Gasteiger partial charge in [-0.2, -0.15) is 0 Å². The van der Waals surface area contributed by atoms with Crippen molar-refractivity contribution < 1.29 is 19.8 Å². The number of hydrogen-bond acceptors (Lipinski definition) is 3. The fourth-order valence-electron chi connectivity index (χ4n) is 1.28. The Morgan fingerprint density at radius 2 is 2.11 bits per heavy atom. The van der Waals surface area contributed by atoms with Crippen molar-refractivity contribution in [1.29, 1.82) is 0 Å². The van der Waals surface area contributed by atoms with Crippen LogP contribution < -0.4 is 5.32 Å². The Morgan fingerprint density at radius 1 is 1.44 bits per heavy atom. The highest BCUT2D eigenvalue weighted by atomic mass is 79.9. The molecule has 18 heavy (non-hydrogen) atoms. The third kappa shape index (κ3) is 4.12. The minimum Gasteiger partial charge on any atom is -0.479 e. The number of carboxylic acids is 1. The lowest BCUT2D eigenvalue weighted by molar-refractivity contribution is -0.146. The van der Waals surface area contributed by atoms with Gasteiger partial charge >= 0.3 is 5.97 Å². The van der Waals surface area contributed by atoms with Crippen molar-refractivity contribution in [3.05, 3.63) is 33.8 Å². The number of rotatable bonds is 5. The van der Waals surface area contributed by atoms with E-state index in [1.807, 2.05) is 13.0 Å². The lowest BCUT2D eigenvalue weighted by Gasteiger charge is -2.08. The summed E-state index contributed by atoms with van der Waals surface area (Å²) in [5.41, 5.74) is 1.50. The van der Waals surface area contributed by atoms with E-state index in [1.54, 1.807) is 12.1 Å². The van der Waals surface area contributed by atoms with Gasteiger partial charge in [-0.1, -0.05) is 22.0 Å². The van der Waals surface area contributed by atoms with E-state index in [0.29, 0.717) is 5.56 Å². The highest BCUT2D eigenvalue weighted by Gasteiger charge is 2.13. The van der Waals surface area contributed by atoms with Gasteiger partial charge < -0.3 is 15.5 Å². The standard InChI is InChI=1S/C12H14BrNO4/c1-7-2-3-8(6-9(7)13)11(16)14-5-4-10(15)12(17)18/h2-3,6,10,15H,4-5H2,1H3,(H,14,16)(H,17,18). The zero-order valence-corrected chi connectivity index (χ0v) is 11.4. The normalized spacial score (nSPS) is 11.9. The molecule has 0 heterocycles. The summed E-state index contributed by atoms with van der Waals surface area (Å²) in [6, 6.07) is 5.19. The number of hydrogen-bond donors (Lipinski definition) is 3. The Morgan fingerprint density at radius 3 is 2.67 bits per heavy atom. The lowest BCUT2D eigenvalue weighted by Crippen LogP contribution is -2.30. The van der Waals surface area contributed by atoms with Crippen LogP contribution in [0.3, 0.4) is 0 Å². The van der Waals surface area contributed by atoms with Crippen LogP contribution in [0.4, 0.5) is 0 Å².